The minimum absolute atomic E-state index is 0. The van der Waals surface area contributed by atoms with E-state index in [0.717, 1.165) is 0 Å². The summed E-state index contributed by atoms with van der Waals surface area (Å²) in [7, 11) is 0. The summed E-state index contributed by atoms with van der Waals surface area (Å²) < 4.78 is 0.403. The van der Waals surface area contributed by atoms with Crippen LogP contribution in [0.2, 0.25) is 0 Å². The lowest BCUT2D eigenvalue weighted by Gasteiger charge is -1.90. The Balaban J connectivity index is 0.000001000. The predicted octanol–water partition coefficient (Wildman–Crippen LogP) is 2.17. The Bertz CT molecular complexity index is 268. The molecule has 0 bridgehead atoms. The maximum absolute atomic E-state index is 10.2. The molecule has 0 N–H and O–H groups in total. The van der Waals surface area contributed by atoms with Gasteiger partial charge in [-0.2, -0.15) is 0 Å². The van der Waals surface area contributed by atoms with E-state index in [-0.39, 0.29) is 18.1 Å². The Morgan fingerprint density at radius 1 is 1.64 bits per heavy atom. The van der Waals surface area contributed by atoms with Crippen LogP contribution in [0.5, 0.6) is 0 Å². The highest BCUT2D eigenvalue weighted by Crippen LogP contribution is 2.21. The minimum Gasteiger partial charge on any atom is -0.263 e. The maximum Gasteiger partial charge on any atom is 0.286 e. The molecule has 0 radical (unpaired) electrons. The van der Waals surface area contributed by atoms with Crippen molar-refractivity contribution in [1.29, 1.82) is 0 Å². The first kappa shape index (κ1) is 10.3. The average Bonchev–Trinajstić information content (AvgIpc) is 1.88. The van der Waals surface area contributed by atoms with Crippen LogP contribution in [0.1, 0.15) is 0 Å². The van der Waals surface area contributed by atoms with E-state index in [1.165, 1.54) is 18.5 Å². The molecule has 6 heteroatoms. The van der Waals surface area contributed by atoms with E-state index < -0.39 is 4.92 Å². The molecule has 1 aromatic rings. The van der Waals surface area contributed by atoms with Crippen LogP contribution < -0.4 is 0 Å². The molecule has 0 aliphatic heterocycles. The maximum atomic E-state index is 10.2. The van der Waals surface area contributed by atoms with Crippen LogP contribution in [0.25, 0.3) is 0 Å². The number of hydrogen-bond donors (Lipinski definition) is 0. The number of hydrogen-bond acceptors (Lipinski definition) is 3. The van der Waals surface area contributed by atoms with Gasteiger partial charge in [0.2, 0.25) is 0 Å². The minimum atomic E-state index is -0.467. The van der Waals surface area contributed by atoms with E-state index in [0.29, 0.717) is 4.47 Å². The second-order valence-corrected chi connectivity index (χ2v) is 2.44. The number of rotatable bonds is 1. The molecule has 11 heavy (non-hydrogen) atoms. The van der Waals surface area contributed by atoms with E-state index in [1.54, 1.807) is 0 Å². The zero-order chi connectivity index (χ0) is 7.56. The zero-order valence-electron chi connectivity index (χ0n) is 5.23. The molecule has 0 unspecified atom stereocenters. The van der Waals surface area contributed by atoms with Gasteiger partial charge in [0.1, 0.15) is 4.47 Å². The molecular weight excluding hydrogens is 235 g/mol. The Kier molecular flexibility index (Phi) is 3.99. The molecule has 4 nitrogen and oxygen atoms in total. The highest BCUT2D eigenvalue weighted by atomic mass is 79.9. The normalized spacial score (nSPS) is 8.45. The molecule has 0 saturated heterocycles. The molecule has 1 heterocycles. The van der Waals surface area contributed by atoms with Gasteiger partial charge in [-0.05, 0) is 15.9 Å². The lowest BCUT2D eigenvalue weighted by molar-refractivity contribution is -0.385. The van der Waals surface area contributed by atoms with Crippen LogP contribution >= 0.6 is 28.3 Å². The summed E-state index contributed by atoms with van der Waals surface area (Å²) in [5.41, 5.74) is 0.0370. The van der Waals surface area contributed by atoms with Crippen LogP contribution in [0.3, 0.4) is 0 Å². The fraction of sp³-hybridized carbons (Fsp3) is 0. The fourth-order valence-electron chi connectivity index (χ4n) is 0.516. The molecule has 0 spiro atoms. The highest BCUT2D eigenvalue weighted by Gasteiger charge is 2.08. The number of pyridine rings is 1. The van der Waals surface area contributed by atoms with Crippen molar-refractivity contribution in [3.63, 3.8) is 0 Å². The van der Waals surface area contributed by atoms with Crippen LogP contribution in [0.15, 0.2) is 22.9 Å². The molecule has 0 atom stereocenters. The molecule has 60 valence electrons. The number of nitrogens with zero attached hydrogens (tertiary/aromatic N) is 2. The fourth-order valence-corrected chi connectivity index (χ4v) is 0.911. The van der Waals surface area contributed by atoms with Gasteiger partial charge in [-0.25, -0.2) is 0 Å². The average molecular weight is 239 g/mol. The number of nitro groups is 1. The molecule has 0 aliphatic carbocycles. The standard InChI is InChI=1S/C5H3BrN2O2.ClH/c6-4-3-7-2-1-5(4)8(9)10;/h1-3H;1H. The predicted molar refractivity (Wildman–Crippen MR) is 45.8 cm³/mol. The van der Waals surface area contributed by atoms with Crippen molar-refractivity contribution >= 4 is 34.0 Å². The van der Waals surface area contributed by atoms with Gasteiger partial charge in [0.15, 0.2) is 0 Å². The zero-order valence-corrected chi connectivity index (χ0v) is 7.63. The van der Waals surface area contributed by atoms with Gasteiger partial charge in [0.25, 0.3) is 5.69 Å². The van der Waals surface area contributed by atoms with E-state index in [9.17, 15) is 10.1 Å². The smallest absolute Gasteiger partial charge is 0.263 e. The van der Waals surface area contributed by atoms with E-state index >= 15 is 0 Å². The second kappa shape index (κ2) is 4.25. The number of aromatic nitrogens is 1. The third-order valence-corrected chi connectivity index (χ3v) is 1.56. The van der Waals surface area contributed by atoms with Gasteiger partial charge in [0.05, 0.1) is 4.92 Å². The van der Waals surface area contributed by atoms with Gasteiger partial charge in [0, 0.05) is 18.5 Å². The summed E-state index contributed by atoms with van der Waals surface area (Å²) in [5, 5.41) is 10.2. The quantitative estimate of drug-likeness (QED) is 0.557. The van der Waals surface area contributed by atoms with Crippen molar-refractivity contribution in [2.45, 2.75) is 0 Å². The Hall–Kier alpha value is -0.680. The first-order valence-electron chi connectivity index (χ1n) is 2.45. The Morgan fingerprint density at radius 2 is 2.27 bits per heavy atom. The highest BCUT2D eigenvalue weighted by molar-refractivity contribution is 9.10. The van der Waals surface area contributed by atoms with Crippen molar-refractivity contribution in [3.8, 4) is 0 Å². The molecule has 1 rings (SSSR count). The van der Waals surface area contributed by atoms with Gasteiger partial charge < -0.3 is 0 Å². The summed E-state index contributed by atoms with van der Waals surface area (Å²) in [4.78, 5) is 13.4. The molecular formula is C5H4BrClN2O2. The van der Waals surface area contributed by atoms with E-state index in [2.05, 4.69) is 20.9 Å². The van der Waals surface area contributed by atoms with Crippen LogP contribution in [-0.2, 0) is 0 Å². The van der Waals surface area contributed by atoms with Gasteiger partial charge >= 0.3 is 0 Å². The molecule has 0 aromatic carbocycles. The lowest BCUT2D eigenvalue weighted by atomic mass is 10.4. The Labute approximate surface area is 77.3 Å². The topological polar surface area (TPSA) is 56.0 Å². The first-order chi connectivity index (χ1) is 4.72. The number of halogens is 2. The van der Waals surface area contributed by atoms with Gasteiger partial charge in [-0.1, -0.05) is 0 Å². The van der Waals surface area contributed by atoms with Crippen LogP contribution in [0.4, 0.5) is 5.69 Å². The monoisotopic (exact) mass is 238 g/mol. The molecule has 0 saturated carbocycles. The van der Waals surface area contributed by atoms with Crippen molar-refractivity contribution in [2.75, 3.05) is 0 Å². The summed E-state index contributed by atoms with van der Waals surface area (Å²) in [5.74, 6) is 0. The lowest BCUT2D eigenvalue weighted by Crippen LogP contribution is -1.88. The van der Waals surface area contributed by atoms with Gasteiger partial charge in [-0.3, -0.25) is 15.1 Å². The van der Waals surface area contributed by atoms with E-state index in [1.807, 2.05) is 0 Å². The molecule has 0 amide bonds. The SMILES string of the molecule is Cl.O=[N+]([O-])c1ccncc1Br. The second-order valence-electron chi connectivity index (χ2n) is 1.58. The summed E-state index contributed by atoms with van der Waals surface area (Å²) in [6.45, 7) is 0. The van der Waals surface area contributed by atoms with Gasteiger partial charge in [-0.15, -0.1) is 12.4 Å². The van der Waals surface area contributed by atoms with Crippen molar-refractivity contribution < 1.29 is 4.92 Å². The molecule has 1 aromatic heterocycles. The summed E-state index contributed by atoms with van der Waals surface area (Å²) in [6.07, 6.45) is 2.76. The third kappa shape index (κ3) is 2.44. The Morgan fingerprint density at radius 3 is 2.64 bits per heavy atom. The largest absolute Gasteiger partial charge is 0.286 e. The van der Waals surface area contributed by atoms with Crippen LogP contribution in [-0.4, -0.2) is 9.91 Å². The van der Waals surface area contributed by atoms with Crippen molar-refractivity contribution in [2.24, 2.45) is 0 Å². The van der Waals surface area contributed by atoms with E-state index in [4.69, 9.17) is 0 Å². The summed E-state index contributed by atoms with van der Waals surface area (Å²) in [6, 6.07) is 1.34. The molecule has 0 fully saturated rings. The van der Waals surface area contributed by atoms with Crippen LogP contribution in [0, 0.1) is 10.1 Å². The summed E-state index contributed by atoms with van der Waals surface area (Å²) >= 11 is 2.99. The third-order valence-electron chi connectivity index (χ3n) is 0.948. The first-order valence-corrected chi connectivity index (χ1v) is 3.25. The van der Waals surface area contributed by atoms with Crippen molar-refractivity contribution in [1.82, 2.24) is 4.98 Å². The van der Waals surface area contributed by atoms with Crippen molar-refractivity contribution in [3.05, 3.63) is 33.0 Å². The molecule has 0 aliphatic rings.